The van der Waals surface area contributed by atoms with E-state index in [1.807, 2.05) is 6.07 Å². The SMILES string of the molecule is Cc1ccccc1NS(=O)(=O)c1cccc(-n2c(=O)[nH]c3ccccc3c2=O)c1. The van der Waals surface area contributed by atoms with Gasteiger partial charge in [0, 0.05) is 0 Å². The molecule has 0 saturated carbocycles. The summed E-state index contributed by atoms with van der Waals surface area (Å²) in [4.78, 5) is 27.9. The molecule has 0 bridgehead atoms. The highest BCUT2D eigenvalue weighted by Gasteiger charge is 2.17. The van der Waals surface area contributed by atoms with Crippen LogP contribution < -0.4 is 16.0 Å². The Labute approximate surface area is 166 Å². The molecule has 0 spiro atoms. The standard InChI is InChI=1S/C21H17N3O4S/c1-14-7-2-4-11-18(14)23-29(27,28)16-9-6-8-15(13-16)24-20(25)17-10-3-5-12-19(17)22-21(24)26/h2-13,23H,1H3,(H,22,26). The molecule has 7 nitrogen and oxygen atoms in total. The van der Waals surface area contributed by atoms with Crippen LogP contribution >= 0.6 is 0 Å². The first-order chi connectivity index (χ1) is 13.9. The minimum atomic E-state index is -3.91. The van der Waals surface area contributed by atoms with Gasteiger partial charge in [-0.2, -0.15) is 0 Å². The maximum atomic E-state index is 12.8. The van der Waals surface area contributed by atoms with Gasteiger partial charge in [-0.1, -0.05) is 36.4 Å². The Morgan fingerprint density at radius 2 is 1.62 bits per heavy atom. The zero-order valence-electron chi connectivity index (χ0n) is 15.4. The zero-order chi connectivity index (χ0) is 20.6. The van der Waals surface area contributed by atoms with Crippen molar-refractivity contribution in [3.8, 4) is 5.69 Å². The van der Waals surface area contributed by atoms with E-state index in [1.165, 1.54) is 24.3 Å². The normalized spacial score (nSPS) is 11.5. The Morgan fingerprint density at radius 3 is 2.41 bits per heavy atom. The molecule has 0 unspecified atom stereocenters. The summed E-state index contributed by atoms with van der Waals surface area (Å²) < 4.78 is 29.1. The fourth-order valence-electron chi connectivity index (χ4n) is 3.08. The van der Waals surface area contributed by atoms with E-state index in [1.54, 1.807) is 49.4 Å². The van der Waals surface area contributed by atoms with Crippen LogP contribution in [0.3, 0.4) is 0 Å². The van der Waals surface area contributed by atoms with Crippen molar-refractivity contribution in [2.45, 2.75) is 11.8 Å². The van der Waals surface area contributed by atoms with Crippen LogP contribution in [0.5, 0.6) is 0 Å². The lowest BCUT2D eigenvalue weighted by atomic mass is 10.2. The van der Waals surface area contributed by atoms with Crippen LogP contribution in [0, 0.1) is 6.92 Å². The lowest BCUT2D eigenvalue weighted by Gasteiger charge is -2.12. The number of fused-ring (bicyclic) bond motifs is 1. The number of nitrogens with zero attached hydrogens (tertiary/aromatic N) is 1. The highest BCUT2D eigenvalue weighted by Crippen LogP contribution is 2.20. The van der Waals surface area contributed by atoms with Gasteiger partial charge in [0.15, 0.2) is 0 Å². The lowest BCUT2D eigenvalue weighted by molar-refractivity contribution is 0.601. The first-order valence-electron chi connectivity index (χ1n) is 8.80. The molecule has 0 aliphatic heterocycles. The van der Waals surface area contributed by atoms with Crippen molar-refractivity contribution in [1.82, 2.24) is 9.55 Å². The van der Waals surface area contributed by atoms with Gasteiger partial charge in [-0.25, -0.2) is 17.8 Å². The smallest absolute Gasteiger partial charge is 0.306 e. The largest absolute Gasteiger partial charge is 0.333 e. The number of anilines is 1. The van der Waals surface area contributed by atoms with Gasteiger partial charge in [-0.15, -0.1) is 0 Å². The van der Waals surface area contributed by atoms with Crippen LogP contribution in [0.15, 0.2) is 87.3 Å². The van der Waals surface area contributed by atoms with Gasteiger partial charge in [0.25, 0.3) is 15.6 Å². The predicted molar refractivity (Wildman–Crippen MR) is 112 cm³/mol. The first kappa shape index (κ1) is 18.7. The molecule has 0 radical (unpaired) electrons. The summed E-state index contributed by atoms with van der Waals surface area (Å²) in [5.74, 6) is 0. The van der Waals surface area contributed by atoms with Crippen molar-refractivity contribution in [1.29, 1.82) is 0 Å². The highest BCUT2D eigenvalue weighted by molar-refractivity contribution is 7.92. The topological polar surface area (TPSA) is 101 Å². The zero-order valence-corrected chi connectivity index (χ0v) is 16.2. The van der Waals surface area contributed by atoms with Crippen LogP contribution in [-0.2, 0) is 10.0 Å². The van der Waals surface area contributed by atoms with Gasteiger partial charge in [-0.3, -0.25) is 9.52 Å². The molecule has 0 fully saturated rings. The number of sulfonamides is 1. The van der Waals surface area contributed by atoms with Crippen molar-refractivity contribution >= 4 is 26.6 Å². The molecule has 0 amide bonds. The minimum absolute atomic E-state index is 0.0577. The van der Waals surface area contributed by atoms with E-state index < -0.39 is 21.3 Å². The van der Waals surface area contributed by atoms with Crippen molar-refractivity contribution < 1.29 is 8.42 Å². The number of rotatable bonds is 4. The minimum Gasteiger partial charge on any atom is -0.306 e. The molecule has 29 heavy (non-hydrogen) atoms. The van der Waals surface area contributed by atoms with E-state index >= 15 is 0 Å². The molecule has 3 aromatic carbocycles. The summed E-state index contributed by atoms with van der Waals surface area (Å²) in [5.41, 5.74) is 0.646. The number of nitrogens with one attached hydrogen (secondary N) is 2. The fourth-order valence-corrected chi connectivity index (χ4v) is 4.25. The number of H-pyrrole nitrogens is 1. The summed E-state index contributed by atoms with van der Waals surface area (Å²) in [5, 5.41) is 0.332. The van der Waals surface area contributed by atoms with E-state index in [9.17, 15) is 18.0 Å². The second-order valence-corrected chi connectivity index (χ2v) is 8.22. The van der Waals surface area contributed by atoms with E-state index in [0.29, 0.717) is 16.6 Å². The average Bonchev–Trinajstić information content (AvgIpc) is 2.70. The third-order valence-corrected chi connectivity index (χ3v) is 5.94. The average molecular weight is 407 g/mol. The van der Waals surface area contributed by atoms with Gasteiger partial charge >= 0.3 is 5.69 Å². The summed E-state index contributed by atoms with van der Waals surface area (Å²) >= 11 is 0. The molecule has 0 aliphatic rings. The van der Waals surface area contributed by atoms with Gasteiger partial charge < -0.3 is 4.98 Å². The number of hydrogen-bond acceptors (Lipinski definition) is 4. The monoisotopic (exact) mass is 407 g/mol. The predicted octanol–water partition coefficient (Wildman–Crippen LogP) is 2.79. The summed E-state index contributed by atoms with van der Waals surface area (Å²) in [6, 6.07) is 19.3. The van der Waals surface area contributed by atoms with Crippen LogP contribution in [0.2, 0.25) is 0 Å². The molecule has 146 valence electrons. The summed E-state index contributed by atoms with van der Waals surface area (Å²) in [6.07, 6.45) is 0. The molecular formula is C21H17N3O4S. The van der Waals surface area contributed by atoms with Gasteiger partial charge in [0.2, 0.25) is 0 Å². The van der Waals surface area contributed by atoms with E-state index in [0.717, 1.165) is 10.1 Å². The molecule has 4 aromatic rings. The molecule has 2 N–H and O–H groups in total. The van der Waals surface area contributed by atoms with Crippen LogP contribution in [0.1, 0.15) is 5.56 Å². The van der Waals surface area contributed by atoms with Gasteiger partial charge in [0.1, 0.15) is 0 Å². The molecule has 8 heteroatoms. The molecule has 0 aliphatic carbocycles. The number of aromatic nitrogens is 2. The number of hydrogen-bond donors (Lipinski definition) is 2. The number of aryl methyl sites for hydroxylation is 1. The van der Waals surface area contributed by atoms with Crippen LogP contribution in [0.4, 0.5) is 5.69 Å². The maximum Gasteiger partial charge on any atom is 0.333 e. The molecule has 4 rings (SSSR count). The van der Waals surface area contributed by atoms with E-state index in [4.69, 9.17) is 0 Å². The van der Waals surface area contributed by atoms with Gasteiger partial charge in [0.05, 0.1) is 27.2 Å². The van der Waals surface area contributed by atoms with Crippen molar-refractivity contribution in [2.24, 2.45) is 0 Å². The third kappa shape index (κ3) is 3.45. The molecule has 1 heterocycles. The molecule has 0 saturated heterocycles. The lowest BCUT2D eigenvalue weighted by Crippen LogP contribution is -2.33. The Hall–Kier alpha value is -3.65. The number of aromatic amines is 1. The third-order valence-electron chi connectivity index (χ3n) is 4.58. The van der Waals surface area contributed by atoms with E-state index in [-0.39, 0.29) is 10.6 Å². The van der Waals surface area contributed by atoms with Gasteiger partial charge in [-0.05, 0) is 48.9 Å². The van der Waals surface area contributed by atoms with Crippen LogP contribution in [0.25, 0.3) is 16.6 Å². The highest BCUT2D eigenvalue weighted by atomic mass is 32.2. The second-order valence-electron chi connectivity index (χ2n) is 6.53. The number of benzene rings is 3. The molecular weight excluding hydrogens is 390 g/mol. The quantitative estimate of drug-likeness (QED) is 0.543. The molecule has 0 atom stereocenters. The van der Waals surface area contributed by atoms with Crippen molar-refractivity contribution in [3.05, 3.63) is 99.2 Å². The summed E-state index contributed by atoms with van der Waals surface area (Å²) in [7, 11) is -3.91. The Balaban J connectivity index is 1.83. The molecule has 1 aromatic heterocycles. The summed E-state index contributed by atoms with van der Waals surface area (Å²) in [6.45, 7) is 1.79. The Bertz CT molecular complexity index is 1450. The van der Waals surface area contributed by atoms with Crippen LogP contribution in [-0.4, -0.2) is 18.0 Å². The second kappa shape index (κ2) is 7.06. The maximum absolute atomic E-state index is 12.8. The Kier molecular flexibility index (Phi) is 4.56. The Morgan fingerprint density at radius 1 is 0.897 bits per heavy atom. The van der Waals surface area contributed by atoms with Crippen molar-refractivity contribution in [2.75, 3.05) is 4.72 Å². The first-order valence-corrected chi connectivity index (χ1v) is 10.3. The van der Waals surface area contributed by atoms with Crippen molar-refractivity contribution in [3.63, 3.8) is 0 Å². The number of para-hydroxylation sites is 2. The fraction of sp³-hybridized carbons (Fsp3) is 0.0476. The van der Waals surface area contributed by atoms with E-state index in [2.05, 4.69) is 9.71 Å².